The molecule has 0 saturated heterocycles. The second-order valence-corrected chi connectivity index (χ2v) is 5.06. The van der Waals surface area contributed by atoms with Crippen molar-refractivity contribution < 1.29 is 4.79 Å². The fourth-order valence-electron chi connectivity index (χ4n) is 2.05. The number of nitrogens with zero attached hydrogens (tertiary/aromatic N) is 5. The number of nitriles is 1. The van der Waals surface area contributed by atoms with Gasteiger partial charge in [-0.15, -0.1) is 5.10 Å². The van der Waals surface area contributed by atoms with E-state index in [0.29, 0.717) is 6.54 Å². The van der Waals surface area contributed by atoms with Gasteiger partial charge in [0.05, 0.1) is 0 Å². The van der Waals surface area contributed by atoms with E-state index in [0.717, 1.165) is 5.56 Å². The number of aryl methyl sites for hydroxylation is 2. The molecular formula is C15H17N5O. The highest BCUT2D eigenvalue weighted by atomic mass is 16.2. The molecule has 108 valence electrons. The lowest BCUT2D eigenvalue weighted by Crippen LogP contribution is -2.30. The van der Waals surface area contributed by atoms with Gasteiger partial charge in [-0.05, 0) is 25.0 Å². The molecular weight excluding hydrogens is 266 g/mol. The number of benzene rings is 1. The topological polar surface area (TPSA) is 74.8 Å². The molecule has 0 aliphatic carbocycles. The predicted molar refractivity (Wildman–Crippen MR) is 77.1 cm³/mol. The van der Waals surface area contributed by atoms with Gasteiger partial charge in [0.1, 0.15) is 18.9 Å². The molecule has 0 fully saturated rings. The first-order valence-electron chi connectivity index (χ1n) is 6.59. The Labute approximate surface area is 123 Å². The number of carbonyl (C=O) groups excluding carboxylic acids is 1. The van der Waals surface area contributed by atoms with Crippen LogP contribution < -0.4 is 0 Å². The Hall–Kier alpha value is -2.68. The molecule has 0 saturated carbocycles. The minimum atomic E-state index is -0.0793. The van der Waals surface area contributed by atoms with Crippen molar-refractivity contribution in [3.05, 3.63) is 47.0 Å². The fraction of sp³-hybridized carbons (Fsp3) is 0.333. The average Bonchev–Trinajstić information content (AvgIpc) is 2.89. The molecule has 1 aromatic carbocycles. The Morgan fingerprint density at radius 3 is 2.81 bits per heavy atom. The van der Waals surface area contributed by atoms with Crippen LogP contribution in [0.5, 0.6) is 0 Å². The molecule has 1 amide bonds. The van der Waals surface area contributed by atoms with Gasteiger partial charge in [-0.2, -0.15) is 5.26 Å². The third kappa shape index (κ3) is 3.66. The Balaban J connectivity index is 2.01. The van der Waals surface area contributed by atoms with Crippen LogP contribution in [-0.4, -0.2) is 32.6 Å². The van der Waals surface area contributed by atoms with E-state index in [4.69, 9.17) is 5.26 Å². The van der Waals surface area contributed by atoms with Crippen LogP contribution in [0.2, 0.25) is 0 Å². The number of hydrogen-bond acceptors (Lipinski definition) is 4. The van der Waals surface area contributed by atoms with Crippen molar-refractivity contribution in [3.8, 4) is 6.07 Å². The molecule has 2 aromatic rings. The predicted octanol–water partition coefficient (Wildman–Crippen LogP) is 1.43. The Bertz CT molecular complexity index is 698. The summed E-state index contributed by atoms with van der Waals surface area (Å²) < 4.78 is 1.37. The lowest BCUT2D eigenvalue weighted by atomic mass is 10.1. The zero-order chi connectivity index (χ0) is 15.4. The van der Waals surface area contributed by atoms with Crippen molar-refractivity contribution in [2.45, 2.75) is 26.9 Å². The summed E-state index contributed by atoms with van der Waals surface area (Å²) >= 11 is 0. The van der Waals surface area contributed by atoms with Crippen molar-refractivity contribution in [1.29, 1.82) is 5.26 Å². The smallest absolute Gasteiger partial charge is 0.252 e. The third-order valence-corrected chi connectivity index (χ3v) is 3.27. The van der Waals surface area contributed by atoms with Crippen molar-refractivity contribution in [1.82, 2.24) is 19.7 Å². The SMILES string of the molecule is Cc1ccc(CN(C)C(=O)Cn2cnc(C#N)n2)c(C)c1. The van der Waals surface area contributed by atoms with Crippen LogP contribution in [0.1, 0.15) is 22.5 Å². The summed E-state index contributed by atoms with van der Waals surface area (Å²) in [6.07, 6.45) is 1.39. The number of hydrogen-bond donors (Lipinski definition) is 0. The molecule has 0 bridgehead atoms. The maximum atomic E-state index is 12.1. The summed E-state index contributed by atoms with van der Waals surface area (Å²) in [5, 5.41) is 12.5. The highest BCUT2D eigenvalue weighted by Crippen LogP contribution is 2.12. The molecule has 0 aliphatic rings. The lowest BCUT2D eigenvalue weighted by Gasteiger charge is -2.18. The molecule has 6 heteroatoms. The highest BCUT2D eigenvalue weighted by Gasteiger charge is 2.12. The number of amides is 1. The van der Waals surface area contributed by atoms with E-state index in [1.54, 1.807) is 11.9 Å². The van der Waals surface area contributed by atoms with Crippen LogP contribution in [0, 0.1) is 25.2 Å². The normalized spacial score (nSPS) is 10.2. The molecule has 2 rings (SSSR count). The van der Waals surface area contributed by atoms with E-state index in [9.17, 15) is 4.79 Å². The number of aromatic nitrogens is 3. The summed E-state index contributed by atoms with van der Waals surface area (Å²) in [6, 6.07) is 8.01. The number of carbonyl (C=O) groups is 1. The van der Waals surface area contributed by atoms with Crippen LogP contribution >= 0.6 is 0 Å². The Morgan fingerprint density at radius 2 is 2.19 bits per heavy atom. The highest BCUT2D eigenvalue weighted by molar-refractivity contribution is 5.75. The fourth-order valence-corrected chi connectivity index (χ4v) is 2.05. The molecule has 0 radical (unpaired) electrons. The molecule has 1 heterocycles. The molecule has 0 N–H and O–H groups in total. The molecule has 1 aromatic heterocycles. The molecule has 0 aliphatic heterocycles. The van der Waals surface area contributed by atoms with E-state index >= 15 is 0 Å². The maximum Gasteiger partial charge on any atom is 0.252 e. The van der Waals surface area contributed by atoms with Crippen molar-refractivity contribution in [2.24, 2.45) is 0 Å². The van der Waals surface area contributed by atoms with Gasteiger partial charge in [-0.3, -0.25) is 4.79 Å². The standard InChI is InChI=1S/C15H17N5O/c1-11-4-5-13(12(2)6-11)8-19(3)15(21)9-20-10-17-14(7-16)18-20/h4-6,10H,8-9H2,1-3H3. The van der Waals surface area contributed by atoms with Gasteiger partial charge < -0.3 is 4.90 Å². The van der Waals surface area contributed by atoms with E-state index in [2.05, 4.69) is 16.1 Å². The lowest BCUT2D eigenvalue weighted by molar-refractivity contribution is -0.131. The first-order chi connectivity index (χ1) is 9.99. The van der Waals surface area contributed by atoms with Gasteiger partial charge in [0, 0.05) is 13.6 Å². The Kier molecular flexibility index (Phi) is 4.33. The summed E-state index contributed by atoms with van der Waals surface area (Å²) in [6.45, 7) is 4.71. The minimum Gasteiger partial charge on any atom is -0.340 e. The minimum absolute atomic E-state index is 0.0693. The van der Waals surface area contributed by atoms with Gasteiger partial charge in [0.15, 0.2) is 0 Å². The second-order valence-electron chi connectivity index (χ2n) is 5.06. The quantitative estimate of drug-likeness (QED) is 0.850. The summed E-state index contributed by atoms with van der Waals surface area (Å²) in [7, 11) is 1.75. The summed E-state index contributed by atoms with van der Waals surface area (Å²) in [5.74, 6) is -0.0100. The van der Waals surface area contributed by atoms with Crippen LogP contribution in [0.3, 0.4) is 0 Å². The van der Waals surface area contributed by atoms with Crippen molar-refractivity contribution in [3.63, 3.8) is 0 Å². The molecule has 0 unspecified atom stereocenters. The average molecular weight is 283 g/mol. The molecule has 21 heavy (non-hydrogen) atoms. The third-order valence-electron chi connectivity index (χ3n) is 3.27. The van der Waals surface area contributed by atoms with E-state index < -0.39 is 0 Å². The van der Waals surface area contributed by atoms with Crippen LogP contribution in [0.15, 0.2) is 24.5 Å². The van der Waals surface area contributed by atoms with Gasteiger partial charge in [-0.25, -0.2) is 9.67 Å². The molecule has 0 atom stereocenters. The number of rotatable bonds is 4. The van der Waals surface area contributed by atoms with Crippen molar-refractivity contribution in [2.75, 3.05) is 7.05 Å². The van der Waals surface area contributed by atoms with Crippen LogP contribution in [0.4, 0.5) is 0 Å². The molecule has 0 spiro atoms. The van der Waals surface area contributed by atoms with E-state index in [1.807, 2.05) is 32.0 Å². The largest absolute Gasteiger partial charge is 0.340 e. The first kappa shape index (κ1) is 14.7. The van der Waals surface area contributed by atoms with Gasteiger partial charge >= 0.3 is 0 Å². The monoisotopic (exact) mass is 283 g/mol. The summed E-state index contributed by atoms with van der Waals surface area (Å²) in [4.78, 5) is 17.6. The van der Waals surface area contributed by atoms with Gasteiger partial charge in [0.25, 0.3) is 5.82 Å². The van der Waals surface area contributed by atoms with E-state index in [1.165, 1.54) is 22.1 Å². The second kappa shape index (κ2) is 6.18. The van der Waals surface area contributed by atoms with Crippen LogP contribution in [-0.2, 0) is 17.9 Å². The Morgan fingerprint density at radius 1 is 1.43 bits per heavy atom. The molecule has 6 nitrogen and oxygen atoms in total. The zero-order valence-electron chi connectivity index (χ0n) is 12.4. The first-order valence-corrected chi connectivity index (χ1v) is 6.59. The maximum absolute atomic E-state index is 12.1. The van der Waals surface area contributed by atoms with E-state index in [-0.39, 0.29) is 18.3 Å². The van der Waals surface area contributed by atoms with Gasteiger partial charge in [-0.1, -0.05) is 23.8 Å². The van der Waals surface area contributed by atoms with Crippen LogP contribution in [0.25, 0.3) is 0 Å². The number of likely N-dealkylation sites (N-methyl/N-ethyl adjacent to an activating group) is 1. The zero-order valence-corrected chi connectivity index (χ0v) is 12.4. The van der Waals surface area contributed by atoms with Gasteiger partial charge in [0.2, 0.25) is 5.91 Å². The summed E-state index contributed by atoms with van der Waals surface area (Å²) in [5.41, 5.74) is 3.49. The van der Waals surface area contributed by atoms with Crippen molar-refractivity contribution >= 4 is 5.91 Å².